The van der Waals surface area contributed by atoms with Crippen LogP contribution in [0.5, 0.6) is 0 Å². The summed E-state index contributed by atoms with van der Waals surface area (Å²) in [7, 11) is -3.99. The summed E-state index contributed by atoms with van der Waals surface area (Å²) in [6.45, 7) is -0.269. The maximum absolute atomic E-state index is 11.1. The van der Waals surface area contributed by atoms with Crippen molar-refractivity contribution in [3.63, 3.8) is 0 Å². The second kappa shape index (κ2) is 5.02. The lowest BCUT2D eigenvalue weighted by Gasteiger charge is -2.09. The van der Waals surface area contributed by atoms with Gasteiger partial charge < -0.3 is 16.2 Å². The number of hydrogen-bond acceptors (Lipinski definition) is 5. The molecule has 0 saturated carbocycles. The second-order valence-electron chi connectivity index (χ2n) is 3.38. The molecule has 1 aromatic carbocycles. The molecule has 0 heterocycles. The number of primary sulfonamides is 1. The zero-order valence-corrected chi connectivity index (χ0v) is 9.90. The zero-order valence-electron chi connectivity index (χ0n) is 9.08. The van der Waals surface area contributed by atoms with Gasteiger partial charge in [0.25, 0.3) is 0 Å². The van der Waals surface area contributed by atoms with E-state index in [1.54, 1.807) is 0 Å². The standard InChI is InChI=1S/C9H11N3O5S/c10-8(13)4-12-7-2-1-5(18(11,16)17)3-6(7)9(14)15/h1-3,12H,4H2,(H2,10,13)(H,14,15)(H2,11,16,17). The highest BCUT2D eigenvalue weighted by atomic mass is 32.2. The molecule has 6 N–H and O–H groups in total. The predicted molar refractivity (Wildman–Crippen MR) is 62.5 cm³/mol. The molecular formula is C9H11N3O5S. The van der Waals surface area contributed by atoms with E-state index < -0.39 is 21.9 Å². The highest BCUT2D eigenvalue weighted by Crippen LogP contribution is 2.19. The Balaban J connectivity index is 3.21. The number of carboxylic acid groups (broad SMARTS) is 1. The number of carbonyl (C=O) groups is 2. The molecule has 0 atom stereocenters. The number of anilines is 1. The Bertz CT molecular complexity index is 596. The number of aromatic carboxylic acids is 1. The maximum atomic E-state index is 11.1. The fraction of sp³-hybridized carbons (Fsp3) is 0.111. The van der Waals surface area contributed by atoms with Crippen LogP contribution in [0.4, 0.5) is 5.69 Å². The van der Waals surface area contributed by atoms with E-state index in [-0.39, 0.29) is 22.7 Å². The molecule has 0 aliphatic carbocycles. The van der Waals surface area contributed by atoms with Gasteiger partial charge in [0.15, 0.2) is 0 Å². The first kappa shape index (κ1) is 13.9. The van der Waals surface area contributed by atoms with Gasteiger partial charge in [0, 0.05) is 5.69 Å². The van der Waals surface area contributed by atoms with E-state index in [1.165, 1.54) is 6.07 Å². The van der Waals surface area contributed by atoms with Crippen molar-refractivity contribution in [1.29, 1.82) is 0 Å². The molecule has 0 spiro atoms. The SMILES string of the molecule is NC(=O)CNc1ccc(S(N)(=O)=O)cc1C(=O)O. The van der Waals surface area contributed by atoms with E-state index in [2.05, 4.69) is 5.32 Å². The number of nitrogens with two attached hydrogens (primary N) is 2. The number of benzene rings is 1. The van der Waals surface area contributed by atoms with Gasteiger partial charge in [0.2, 0.25) is 15.9 Å². The third-order valence-electron chi connectivity index (χ3n) is 2.00. The highest BCUT2D eigenvalue weighted by molar-refractivity contribution is 7.89. The van der Waals surface area contributed by atoms with Gasteiger partial charge >= 0.3 is 5.97 Å². The van der Waals surface area contributed by atoms with Gasteiger partial charge in [0.05, 0.1) is 17.0 Å². The quantitative estimate of drug-likeness (QED) is 0.535. The van der Waals surface area contributed by atoms with Crippen molar-refractivity contribution in [2.24, 2.45) is 10.9 Å². The molecule has 18 heavy (non-hydrogen) atoms. The van der Waals surface area contributed by atoms with E-state index in [9.17, 15) is 18.0 Å². The average molecular weight is 273 g/mol. The first-order valence-electron chi connectivity index (χ1n) is 4.64. The monoisotopic (exact) mass is 273 g/mol. The van der Waals surface area contributed by atoms with Crippen molar-refractivity contribution < 1.29 is 23.1 Å². The van der Waals surface area contributed by atoms with Crippen molar-refractivity contribution in [2.75, 3.05) is 11.9 Å². The van der Waals surface area contributed by atoms with Crippen LogP contribution in [0.1, 0.15) is 10.4 Å². The van der Waals surface area contributed by atoms with Gasteiger partial charge in [-0.3, -0.25) is 4.79 Å². The number of sulfonamides is 1. The van der Waals surface area contributed by atoms with Crippen LogP contribution in [0.25, 0.3) is 0 Å². The van der Waals surface area contributed by atoms with E-state index in [0.717, 1.165) is 12.1 Å². The number of carbonyl (C=O) groups excluding carboxylic acids is 1. The molecule has 0 unspecified atom stereocenters. The minimum atomic E-state index is -3.99. The summed E-state index contributed by atoms with van der Waals surface area (Å²) in [6, 6.07) is 3.23. The lowest BCUT2D eigenvalue weighted by molar-refractivity contribution is -0.116. The number of hydrogen-bond donors (Lipinski definition) is 4. The summed E-state index contributed by atoms with van der Waals surface area (Å²) in [5.74, 6) is -2.03. The number of carboxylic acids is 1. The van der Waals surface area contributed by atoms with Crippen LogP contribution < -0.4 is 16.2 Å². The lowest BCUT2D eigenvalue weighted by atomic mass is 10.2. The van der Waals surface area contributed by atoms with Crippen molar-refractivity contribution in [1.82, 2.24) is 0 Å². The largest absolute Gasteiger partial charge is 0.478 e. The fourth-order valence-electron chi connectivity index (χ4n) is 1.21. The minimum Gasteiger partial charge on any atom is -0.478 e. The Morgan fingerprint density at radius 2 is 1.94 bits per heavy atom. The number of nitrogens with one attached hydrogen (secondary N) is 1. The summed E-state index contributed by atoms with van der Waals surface area (Å²) < 4.78 is 22.2. The van der Waals surface area contributed by atoms with Crippen LogP contribution in [-0.2, 0) is 14.8 Å². The Kier molecular flexibility index (Phi) is 3.89. The molecule has 1 aromatic rings. The number of amides is 1. The van der Waals surface area contributed by atoms with Gasteiger partial charge in [-0.15, -0.1) is 0 Å². The molecule has 8 nitrogen and oxygen atoms in total. The van der Waals surface area contributed by atoms with E-state index in [1.807, 2.05) is 0 Å². The van der Waals surface area contributed by atoms with Gasteiger partial charge in [-0.2, -0.15) is 0 Å². The summed E-state index contributed by atoms with van der Waals surface area (Å²) in [5.41, 5.74) is 4.66. The molecule has 1 amide bonds. The Labute approximate surface area is 103 Å². The van der Waals surface area contributed by atoms with Crippen LogP contribution in [0.15, 0.2) is 23.1 Å². The van der Waals surface area contributed by atoms with Crippen LogP contribution in [0.2, 0.25) is 0 Å². The lowest BCUT2D eigenvalue weighted by Crippen LogP contribution is -2.23. The Hall–Kier alpha value is -2.13. The topological polar surface area (TPSA) is 153 Å². The van der Waals surface area contributed by atoms with Crippen LogP contribution in [0, 0.1) is 0 Å². The molecule has 0 radical (unpaired) electrons. The molecule has 0 bridgehead atoms. The molecule has 0 aliphatic rings. The average Bonchev–Trinajstić information content (AvgIpc) is 2.24. The Morgan fingerprint density at radius 1 is 1.33 bits per heavy atom. The maximum Gasteiger partial charge on any atom is 0.337 e. The summed E-state index contributed by atoms with van der Waals surface area (Å²) in [6.07, 6.45) is 0. The van der Waals surface area contributed by atoms with E-state index >= 15 is 0 Å². The van der Waals surface area contributed by atoms with Crippen molar-refractivity contribution in [3.05, 3.63) is 23.8 Å². The van der Waals surface area contributed by atoms with Gasteiger partial charge in [-0.1, -0.05) is 0 Å². The first-order valence-corrected chi connectivity index (χ1v) is 6.19. The summed E-state index contributed by atoms with van der Waals surface area (Å²) in [5, 5.41) is 16.3. The molecule has 0 fully saturated rings. The third-order valence-corrected chi connectivity index (χ3v) is 2.91. The number of rotatable bonds is 5. The molecule has 98 valence electrons. The molecule has 9 heteroatoms. The van der Waals surface area contributed by atoms with Crippen LogP contribution >= 0.6 is 0 Å². The third kappa shape index (κ3) is 3.43. The van der Waals surface area contributed by atoms with Gasteiger partial charge in [0.1, 0.15) is 0 Å². The normalized spacial score (nSPS) is 10.9. The first-order chi connectivity index (χ1) is 8.21. The van der Waals surface area contributed by atoms with Gasteiger partial charge in [-0.05, 0) is 18.2 Å². The Morgan fingerprint density at radius 3 is 2.39 bits per heavy atom. The van der Waals surface area contributed by atoms with Crippen LogP contribution in [-0.4, -0.2) is 31.9 Å². The smallest absolute Gasteiger partial charge is 0.337 e. The van der Waals surface area contributed by atoms with E-state index in [0.29, 0.717) is 0 Å². The molecule has 0 aromatic heterocycles. The van der Waals surface area contributed by atoms with Crippen molar-refractivity contribution in [3.8, 4) is 0 Å². The number of primary amides is 1. The van der Waals surface area contributed by atoms with Crippen LogP contribution in [0.3, 0.4) is 0 Å². The second-order valence-corrected chi connectivity index (χ2v) is 4.94. The van der Waals surface area contributed by atoms with E-state index in [4.69, 9.17) is 16.0 Å². The summed E-state index contributed by atoms with van der Waals surface area (Å²) >= 11 is 0. The molecule has 0 aliphatic heterocycles. The summed E-state index contributed by atoms with van der Waals surface area (Å²) in [4.78, 5) is 21.2. The molecule has 0 saturated heterocycles. The minimum absolute atomic E-state index is 0.0775. The van der Waals surface area contributed by atoms with Crippen molar-refractivity contribution >= 4 is 27.6 Å². The fourth-order valence-corrected chi connectivity index (χ4v) is 1.75. The zero-order chi connectivity index (χ0) is 13.9. The van der Waals surface area contributed by atoms with Gasteiger partial charge in [-0.25, -0.2) is 18.4 Å². The highest BCUT2D eigenvalue weighted by Gasteiger charge is 2.16. The van der Waals surface area contributed by atoms with Crippen molar-refractivity contribution in [2.45, 2.75) is 4.90 Å². The predicted octanol–water partition coefficient (Wildman–Crippen LogP) is -1.07. The molecule has 1 rings (SSSR count). The molecular weight excluding hydrogens is 262 g/mol.